The van der Waals surface area contributed by atoms with Crippen molar-refractivity contribution < 1.29 is 14.0 Å². The summed E-state index contributed by atoms with van der Waals surface area (Å²) >= 11 is 0. The Hall–Kier alpha value is -1.69. The molecule has 184 valence electrons. The number of hydrogen-bond acceptors (Lipinski definition) is 4. The third-order valence-corrected chi connectivity index (χ3v) is 7.31. The van der Waals surface area contributed by atoms with Crippen LogP contribution in [0.2, 0.25) is 0 Å². The molecule has 5 heteroatoms. The van der Waals surface area contributed by atoms with Gasteiger partial charge >= 0.3 is 0 Å². The highest BCUT2D eigenvalue weighted by molar-refractivity contribution is 5.30. The van der Waals surface area contributed by atoms with E-state index in [9.17, 15) is 5.11 Å². The summed E-state index contributed by atoms with van der Waals surface area (Å²) in [4.78, 5) is 4.64. The van der Waals surface area contributed by atoms with Gasteiger partial charge in [0.2, 0.25) is 5.89 Å². The molecule has 3 rings (SSSR count). The zero-order chi connectivity index (χ0) is 23.6. The van der Waals surface area contributed by atoms with Crippen molar-refractivity contribution in [1.82, 2.24) is 10.3 Å². The lowest BCUT2D eigenvalue weighted by Gasteiger charge is -2.36. The van der Waals surface area contributed by atoms with Crippen molar-refractivity contribution >= 4 is 0 Å². The second-order valence-electron chi connectivity index (χ2n) is 10.6. The predicted octanol–water partition coefficient (Wildman–Crippen LogP) is 5.63. The molecule has 0 bridgehead atoms. The number of oxazole rings is 1. The summed E-state index contributed by atoms with van der Waals surface area (Å²) in [6.45, 7) is 3.05. The molecule has 1 saturated carbocycles. The lowest BCUT2D eigenvalue weighted by molar-refractivity contribution is -0.904. The summed E-state index contributed by atoms with van der Waals surface area (Å²) in [7, 11) is 6.55. The molecule has 0 aliphatic heterocycles. The first-order valence-electron chi connectivity index (χ1n) is 13.2. The maximum Gasteiger partial charge on any atom is 0.231 e. The van der Waals surface area contributed by atoms with E-state index in [0.717, 1.165) is 61.1 Å². The molecule has 2 aromatic rings. The zero-order valence-electron chi connectivity index (χ0n) is 21.2. The molecule has 1 fully saturated rings. The Balaban J connectivity index is 1.59. The molecular formula is C28H46N3O2+. The summed E-state index contributed by atoms with van der Waals surface area (Å²) in [5, 5.41) is 15.2. The molecular weight excluding hydrogens is 410 g/mol. The molecule has 5 nitrogen and oxygen atoms in total. The lowest BCUT2D eigenvalue weighted by Crippen LogP contribution is -2.39. The quantitative estimate of drug-likeness (QED) is 0.286. The Bertz CT molecular complexity index is 798. The van der Waals surface area contributed by atoms with Gasteiger partial charge in [0.1, 0.15) is 6.54 Å². The predicted molar refractivity (Wildman–Crippen MR) is 135 cm³/mol. The molecule has 0 unspecified atom stereocenters. The van der Waals surface area contributed by atoms with Crippen molar-refractivity contribution in [3.8, 4) is 0 Å². The SMILES string of the molecule is CNCCCCCCCC[N+](C)(C)Cc1cnc([C@](O)(c2ccccc2)C2CCCCC2)o1. The van der Waals surface area contributed by atoms with Crippen molar-refractivity contribution in [2.75, 3.05) is 34.2 Å². The Morgan fingerprint density at radius 3 is 2.36 bits per heavy atom. The highest BCUT2D eigenvalue weighted by Gasteiger charge is 2.44. The van der Waals surface area contributed by atoms with Crippen molar-refractivity contribution in [3.63, 3.8) is 0 Å². The summed E-state index contributed by atoms with van der Waals surface area (Å²) < 4.78 is 7.17. The van der Waals surface area contributed by atoms with E-state index in [1.165, 1.54) is 44.9 Å². The van der Waals surface area contributed by atoms with Gasteiger partial charge < -0.3 is 19.3 Å². The molecule has 0 spiro atoms. The van der Waals surface area contributed by atoms with Gasteiger partial charge in [-0.15, -0.1) is 0 Å². The van der Waals surface area contributed by atoms with Crippen LogP contribution in [0.15, 0.2) is 40.9 Å². The number of rotatable bonds is 14. The first-order valence-corrected chi connectivity index (χ1v) is 13.2. The van der Waals surface area contributed by atoms with E-state index < -0.39 is 5.60 Å². The minimum atomic E-state index is -1.15. The molecule has 1 aliphatic rings. The Kier molecular flexibility index (Phi) is 9.96. The number of quaternary nitrogens is 1. The van der Waals surface area contributed by atoms with Crippen molar-refractivity contribution in [1.29, 1.82) is 0 Å². The number of aliphatic hydroxyl groups is 1. The van der Waals surface area contributed by atoms with Gasteiger partial charge in [0.15, 0.2) is 11.4 Å². The van der Waals surface area contributed by atoms with Crippen molar-refractivity contribution in [2.24, 2.45) is 5.92 Å². The minimum absolute atomic E-state index is 0.149. The number of aromatic nitrogens is 1. The van der Waals surface area contributed by atoms with Gasteiger partial charge in [-0.25, -0.2) is 4.98 Å². The summed E-state index contributed by atoms with van der Waals surface area (Å²) in [6, 6.07) is 10.0. The van der Waals surface area contributed by atoms with Gasteiger partial charge in [-0.2, -0.15) is 0 Å². The molecule has 1 heterocycles. The number of nitrogens with zero attached hydrogens (tertiary/aromatic N) is 2. The van der Waals surface area contributed by atoms with Gasteiger partial charge in [-0.05, 0) is 51.3 Å². The molecule has 1 aromatic heterocycles. The first kappa shape index (κ1) is 25.9. The Labute approximate surface area is 201 Å². The normalized spacial score (nSPS) is 17.2. The van der Waals surface area contributed by atoms with Crippen LogP contribution in [-0.4, -0.2) is 48.8 Å². The second-order valence-corrected chi connectivity index (χ2v) is 10.6. The highest BCUT2D eigenvalue weighted by atomic mass is 16.4. The van der Waals surface area contributed by atoms with Crippen LogP contribution in [0, 0.1) is 5.92 Å². The number of benzene rings is 1. The maximum absolute atomic E-state index is 12.0. The third kappa shape index (κ3) is 7.40. The number of unbranched alkanes of at least 4 members (excludes halogenated alkanes) is 5. The van der Waals surface area contributed by atoms with Crippen molar-refractivity contribution in [3.05, 3.63) is 53.7 Å². The van der Waals surface area contributed by atoms with Crippen LogP contribution >= 0.6 is 0 Å². The molecule has 1 aromatic carbocycles. The zero-order valence-corrected chi connectivity index (χ0v) is 21.2. The standard InChI is InChI=1S/C28H46N3O2/c1-29-20-14-6-4-5-7-15-21-31(2,3)23-26-22-30-27(33-26)28(32,24-16-10-8-11-17-24)25-18-12-9-13-19-25/h8,10-11,16-17,22,25,29,32H,4-7,9,12-15,18-21,23H2,1-3H3/q+1/t28-/m0/s1. The van der Waals surface area contributed by atoms with E-state index in [1.807, 2.05) is 43.6 Å². The van der Waals surface area contributed by atoms with Gasteiger partial charge in [-0.3, -0.25) is 0 Å². The Morgan fingerprint density at radius 1 is 1.00 bits per heavy atom. The van der Waals surface area contributed by atoms with E-state index in [1.54, 1.807) is 0 Å². The molecule has 33 heavy (non-hydrogen) atoms. The maximum atomic E-state index is 12.0. The second kappa shape index (κ2) is 12.7. The van der Waals surface area contributed by atoms with Crippen molar-refractivity contribution in [2.45, 2.75) is 82.8 Å². The molecule has 0 radical (unpaired) electrons. The molecule has 1 atom stereocenters. The topological polar surface area (TPSA) is 58.3 Å². The van der Waals surface area contributed by atoms with E-state index in [4.69, 9.17) is 4.42 Å². The van der Waals surface area contributed by atoms with E-state index in [-0.39, 0.29) is 5.92 Å². The summed E-state index contributed by atoms with van der Waals surface area (Å²) in [5.74, 6) is 1.49. The highest BCUT2D eigenvalue weighted by Crippen LogP contribution is 2.43. The summed E-state index contributed by atoms with van der Waals surface area (Å²) in [6.07, 6.45) is 15.2. The van der Waals surface area contributed by atoms with E-state index >= 15 is 0 Å². The van der Waals surface area contributed by atoms with Crippen LogP contribution in [0.4, 0.5) is 0 Å². The number of nitrogens with one attached hydrogen (secondary N) is 1. The fraction of sp³-hybridized carbons (Fsp3) is 0.679. The lowest BCUT2D eigenvalue weighted by atomic mass is 9.73. The van der Waals surface area contributed by atoms with Crippen LogP contribution in [0.5, 0.6) is 0 Å². The number of hydrogen-bond donors (Lipinski definition) is 2. The third-order valence-electron chi connectivity index (χ3n) is 7.31. The molecule has 2 N–H and O–H groups in total. The smallest absolute Gasteiger partial charge is 0.231 e. The largest absolute Gasteiger partial charge is 0.436 e. The monoisotopic (exact) mass is 456 g/mol. The van der Waals surface area contributed by atoms with Gasteiger partial charge in [-0.1, -0.05) is 68.9 Å². The van der Waals surface area contributed by atoms with Crippen LogP contribution in [0.25, 0.3) is 0 Å². The minimum Gasteiger partial charge on any atom is -0.436 e. The summed E-state index contributed by atoms with van der Waals surface area (Å²) in [5.41, 5.74) is -0.251. The molecule has 0 saturated heterocycles. The van der Waals surface area contributed by atoms with E-state index in [0.29, 0.717) is 5.89 Å². The van der Waals surface area contributed by atoms with E-state index in [2.05, 4.69) is 24.4 Å². The fourth-order valence-electron chi connectivity index (χ4n) is 5.35. The molecule has 0 amide bonds. The van der Waals surface area contributed by atoms with Gasteiger partial charge in [0.25, 0.3) is 0 Å². The average molecular weight is 457 g/mol. The van der Waals surface area contributed by atoms with Crippen LogP contribution < -0.4 is 5.32 Å². The van der Waals surface area contributed by atoms with Gasteiger partial charge in [0, 0.05) is 5.92 Å². The first-order chi connectivity index (χ1) is 16.0. The Morgan fingerprint density at radius 2 is 1.67 bits per heavy atom. The van der Waals surface area contributed by atoms with Gasteiger partial charge in [0.05, 0.1) is 26.8 Å². The molecule has 1 aliphatic carbocycles. The van der Waals surface area contributed by atoms with Crippen LogP contribution in [0.1, 0.15) is 87.8 Å². The average Bonchev–Trinajstić information content (AvgIpc) is 3.29. The van der Waals surface area contributed by atoms with Crippen LogP contribution in [-0.2, 0) is 12.1 Å². The van der Waals surface area contributed by atoms with Crippen LogP contribution in [0.3, 0.4) is 0 Å². The fourth-order valence-corrected chi connectivity index (χ4v) is 5.35.